The van der Waals surface area contributed by atoms with Gasteiger partial charge in [-0.2, -0.15) is 0 Å². The van der Waals surface area contributed by atoms with E-state index in [-0.39, 0.29) is 23.1 Å². The molecular formula is H2Cl4MgOTi. The van der Waals surface area contributed by atoms with Gasteiger partial charge in [-0.15, -0.1) is 0 Å². The van der Waals surface area contributed by atoms with E-state index in [1.54, 1.807) is 0 Å². The van der Waals surface area contributed by atoms with Gasteiger partial charge in [-0.1, -0.05) is 0 Å². The summed E-state index contributed by atoms with van der Waals surface area (Å²) in [5.41, 5.74) is 0. The maximum absolute atomic E-state index is 9.93. The average molecular weight is 232 g/mol. The van der Waals surface area contributed by atoms with E-state index in [2.05, 4.69) is 0 Å². The molecule has 42 valence electrons. The van der Waals surface area contributed by atoms with Gasteiger partial charge in [0.1, 0.15) is 0 Å². The van der Waals surface area contributed by atoms with Gasteiger partial charge in [0.05, 0.1) is 0 Å². The van der Waals surface area contributed by atoms with Crippen molar-refractivity contribution in [3.05, 3.63) is 0 Å². The fourth-order valence-corrected chi connectivity index (χ4v) is 0. The second-order valence-electron chi connectivity index (χ2n) is 0.737. The Kier molecular flexibility index (Phi) is 5.24. The molecule has 0 N–H and O–H groups in total. The van der Waals surface area contributed by atoms with Crippen LogP contribution in [0.3, 0.4) is 0 Å². The molecule has 0 aromatic carbocycles. The Morgan fingerprint density at radius 1 is 1.00 bits per heavy atom. The molecule has 1 nitrogen and oxygen atoms in total. The Morgan fingerprint density at radius 2 is 1.00 bits per heavy atom. The molecule has 0 saturated carbocycles. The van der Waals surface area contributed by atoms with Crippen LogP contribution in [0.5, 0.6) is 0 Å². The van der Waals surface area contributed by atoms with E-state index in [0.717, 1.165) is 0 Å². The van der Waals surface area contributed by atoms with E-state index in [1.807, 2.05) is 0 Å². The molecule has 0 radical (unpaired) electrons. The Morgan fingerprint density at radius 3 is 1.00 bits per heavy atom. The van der Waals surface area contributed by atoms with Crippen LogP contribution in [-0.4, -0.2) is 23.1 Å². The molecule has 7 heteroatoms. The van der Waals surface area contributed by atoms with Crippen LogP contribution in [0.4, 0.5) is 0 Å². The van der Waals surface area contributed by atoms with Gasteiger partial charge in [0.15, 0.2) is 0 Å². The zero-order valence-electron chi connectivity index (χ0n) is 2.42. The topological polar surface area (TPSA) is 17.1 Å². The summed E-state index contributed by atoms with van der Waals surface area (Å²) in [6.07, 6.45) is 0. The van der Waals surface area contributed by atoms with Gasteiger partial charge in [-0.05, 0) is 0 Å². The third-order valence-electron chi connectivity index (χ3n) is 0. The van der Waals surface area contributed by atoms with E-state index in [4.69, 9.17) is 37.2 Å². The molecule has 0 heterocycles. The molecule has 0 aromatic rings. The van der Waals surface area contributed by atoms with Crippen molar-refractivity contribution in [2.24, 2.45) is 0 Å². The summed E-state index contributed by atoms with van der Waals surface area (Å²) in [7, 11) is 18.9. The first-order valence-electron chi connectivity index (χ1n) is 0.960. The fraction of sp³-hybridized carbons (Fsp3) is 0. The molecule has 0 fully saturated rings. The van der Waals surface area contributed by atoms with E-state index < -0.39 is 11.0 Å². The fourth-order valence-electron chi connectivity index (χ4n) is 0. The van der Waals surface area contributed by atoms with Gasteiger partial charge in [0, 0.05) is 0 Å². The van der Waals surface area contributed by atoms with Crippen LogP contribution in [-0.2, 0) is 14.4 Å². The Bertz CT molecular complexity index is 89.3. The Hall–Kier alpha value is 2.44. The summed E-state index contributed by atoms with van der Waals surface area (Å²) in [5.74, 6) is 0. The monoisotopic (exact) mass is 230 g/mol. The van der Waals surface area contributed by atoms with Crippen LogP contribution < -0.4 is 0 Å². The molecule has 0 aliphatic carbocycles. The van der Waals surface area contributed by atoms with Gasteiger partial charge in [0.2, 0.25) is 0 Å². The summed E-state index contributed by atoms with van der Waals surface area (Å²) in [5, 5.41) is 0. The first-order chi connectivity index (χ1) is 2.24. The predicted octanol–water partition coefficient (Wildman–Crippen LogP) is 1.72. The van der Waals surface area contributed by atoms with Crippen molar-refractivity contribution in [2.75, 3.05) is 0 Å². The molecule has 0 atom stereocenters. The maximum atomic E-state index is 9.93. The SMILES string of the molecule is [MgH2].[O]=[Ti]([Cl])([Cl])([Cl])[Cl]. The normalized spacial score (nSPS) is 12.7. The van der Waals surface area contributed by atoms with Crippen LogP contribution in [0.2, 0.25) is 0 Å². The van der Waals surface area contributed by atoms with Crippen LogP contribution in [0.1, 0.15) is 0 Å². The standard InChI is InChI=1S/4ClH.Mg.O.Ti.2H/h4*1H;;;;;/q;;;;;;+4;;/p-4. The van der Waals surface area contributed by atoms with E-state index >= 15 is 0 Å². The minimum absolute atomic E-state index is 0. The van der Waals surface area contributed by atoms with Crippen LogP contribution >= 0.6 is 37.2 Å². The van der Waals surface area contributed by atoms with Gasteiger partial charge in [-0.3, -0.25) is 0 Å². The van der Waals surface area contributed by atoms with Crippen molar-refractivity contribution in [2.45, 2.75) is 0 Å². The Labute approximate surface area is 73.5 Å². The zero-order valence-corrected chi connectivity index (χ0v) is 7.01. The second-order valence-corrected chi connectivity index (χ2v) is 19.7. The molecular weight excluding hydrogens is 230 g/mol. The van der Waals surface area contributed by atoms with Crippen LogP contribution in [0.25, 0.3) is 0 Å². The Balaban J connectivity index is 0. The second kappa shape index (κ2) is 3.02. The molecule has 0 aliphatic heterocycles. The number of hydrogen-bond acceptors (Lipinski definition) is 1. The average Bonchev–Trinajstić information content (AvgIpc) is 0.650. The van der Waals surface area contributed by atoms with Gasteiger partial charge in [-0.25, -0.2) is 0 Å². The van der Waals surface area contributed by atoms with Crippen LogP contribution in [0, 0.1) is 0 Å². The van der Waals surface area contributed by atoms with Crippen molar-refractivity contribution >= 4 is 60.3 Å². The number of hydrogen-bond donors (Lipinski definition) is 0. The minimum atomic E-state index is -4.96. The van der Waals surface area contributed by atoms with E-state index in [0.29, 0.717) is 0 Å². The summed E-state index contributed by atoms with van der Waals surface area (Å²) >= 11 is -4.96. The first-order valence-corrected chi connectivity index (χ1v) is 10.2. The van der Waals surface area contributed by atoms with Gasteiger partial charge >= 0.3 is 74.6 Å². The first kappa shape index (κ1) is 12.1. The van der Waals surface area contributed by atoms with E-state index in [1.165, 1.54) is 0 Å². The predicted molar refractivity (Wildman–Crippen MR) is 32.6 cm³/mol. The molecule has 7 heavy (non-hydrogen) atoms. The molecule has 0 aliphatic rings. The zero-order chi connectivity index (χ0) is 5.45. The summed E-state index contributed by atoms with van der Waals surface area (Å²) in [6.45, 7) is 0. The van der Waals surface area contributed by atoms with Crippen molar-refractivity contribution in [3.63, 3.8) is 0 Å². The summed E-state index contributed by atoms with van der Waals surface area (Å²) in [4.78, 5) is 0. The number of halogens is 4. The molecule has 0 bridgehead atoms. The van der Waals surface area contributed by atoms with Crippen molar-refractivity contribution in [1.29, 1.82) is 0 Å². The molecule has 0 saturated heterocycles. The van der Waals surface area contributed by atoms with Gasteiger partial charge in [0.25, 0.3) is 0 Å². The summed E-state index contributed by atoms with van der Waals surface area (Å²) < 4.78 is 9.93. The molecule has 0 rings (SSSR count). The van der Waals surface area contributed by atoms with Gasteiger partial charge < -0.3 is 0 Å². The van der Waals surface area contributed by atoms with Crippen molar-refractivity contribution < 1.29 is 14.4 Å². The quantitative estimate of drug-likeness (QED) is 0.581. The molecule has 0 amide bonds. The molecule has 0 spiro atoms. The van der Waals surface area contributed by atoms with E-state index in [9.17, 15) is 3.32 Å². The molecule has 0 aromatic heterocycles. The summed E-state index contributed by atoms with van der Waals surface area (Å²) in [6, 6.07) is 0. The molecule has 0 unspecified atom stereocenters. The third-order valence-corrected chi connectivity index (χ3v) is 0. The number of rotatable bonds is 0. The van der Waals surface area contributed by atoms with Crippen molar-refractivity contribution in [3.8, 4) is 0 Å². The third kappa shape index (κ3) is 58.8. The van der Waals surface area contributed by atoms with Crippen molar-refractivity contribution in [1.82, 2.24) is 0 Å². The van der Waals surface area contributed by atoms with Crippen LogP contribution in [0.15, 0.2) is 0 Å².